The molecule has 2 aliphatic heterocycles. The number of hydrogen-bond donors (Lipinski definition) is 2. The summed E-state index contributed by atoms with van der Waals surface area (Å²) in [5.41, 5.74) is 4.65. The number of rotatable bonds is 2. The Balaban J connectivity index is 1.45. The molecule has 32 heavy (non-hydrogen) atoms. The van der Waals surface area contributed by atoms with Crippen LogP contribution in [0.2, 0.25) is 0 Å². The maximum Gasteiger partial charge on any atom is 0.290 e. The van der Waals surface area contributed by atoms with Crippen LogP contribution in [0.15, 0.2) is 47.8 Å². The van der Waals surface area contributed by atoms with Gasteiger partial charge in [-0.15, -0.1) is 0 Å². The number of carbonyl (C=O) groups is 2. The van der Waals surface area contributed by atoms with Crippen LogP contribution >= 0.6 is 11.8 Å². The Morgan fingerprint density at radius 2 is 2.06 bits per heavy atom. The molecule has 1 aliphatic carbocycles. The molecule has 4 bridgehead atoms. The number of imide groups is 1. The Labute approximate surface area is 187 Å². The maximum absolute atomic E-state index is 11.9. The second kappa shape index (κ2) is 7.41. The van der Waals surface area contributed by atoms with Crippen LogP contribution in [0.25, 0.3) is 6.08 Å². The second-order valence-corrected chi connectivity index (χ2v) is 8.74. The van der Waals surface area contributed by atoms with Crippen LogP contribution in [-0.4, -0.2) is 37.1 Å². The molecule has 6 rings (SSSR count). The maximum atomic E-state index is 11.9. The molecule has 158 valence electrons. The number of aromatic nitrogens is 4. The predicted octanol–water partition coefficient (Wildman–Crippen LogP) is 3.34. The van der Waals surface area contributed by atoms with Gasteiger partial charge >= 0.3 is 0 Å². The Bertz CT molecular complexity index is 1310. The largest absolute Gasteiger partial charge is 0.340 e. The van der Waals surface area contributed by atoms with Gasteiger partial charge in [-0.2, -0.15) is 0 Å². The molecule has 1 saturated heterocycles. The van der Waals surface area contributed by atoms with Crippen molar-refractivity contribution in [1.82, 2.24) is 25.3 Å². The number of nitrogens with zero attached hydrogens (tertiary/aromatic N) is 5. The minimum absolute atomic E-state index is 0.121. The zero-order valence-corrected chi connectivity index (χ0v) is 17.6. The van der Waals surface area contributed by atoms with Gasteiger partial charge in [0.25, 0.3) is 11.1 Å². The fourth-order valence-corrected chi connectivity index (χ4v) is 4.99. The molecule has 1 atom stereocenters. The Kier molecular flexibility index (Phi) is 4.39. The molecule has 0 radical (unpaired) electrons. The van der Waals surface area contributed by atoms with Gasteiger partial charge in [-0.3, -0.25) is 14.9 Å². The van der Waals surface area contributed by atoms with E-state index >= 15 is 0 Å². The predicted molar refractivity (Wildman–Crippen MR) is 121 cm³/mol. The van der Waals surface area contributed by atoms with Gasteiger partial charge < -0.3 is 10.2 Å². The van der Waals surface area contributed by atoms with Crippen molar-refractivity contribution < 1.29 is 9.59 Å². The number of aryl methyl sites for hydroxylation is 1. The molecule has 3 aromatic rings. The number of thioether (sulfide) groups is 1. The van der Waals surface area contributed by atoms with Crippen molar-refractivity contribution in [2.45, 2.75) is 25.3 Å². The van der Waals surface area contributed by atoms with Crippen LogP contribution in [0.5, 0.6) is 0 Å². The highest BCUT2D eigenvalue weighted by molar-refractivity contribution is 8.18. The molecule has 2 aromatic heterocycles. The monoisotopic (exact) mass is 443 g/mol. The number of hydrogen-bond acceptors (Lipinski definition) is 9. The first kappa shape index (κ1) is 18.9. The van der Waals surface area contributed by atoms with E-state index in [1.165, 1.54) is 0 Å². The quantitative estimate of drug-likeness (QED) is 0.576. The highest BCUT2D eigenvalue weighted by Gasteiger charge is 2.31. The third-order valence-electron chi connectivity index (χ3n) is 5.74. The summed E-state index contributed by atoms with van der Waals surface area (Å²) < 4.78 is 0. The summed E-state index contributed by atoms with van der Waals surface area (Å²) in [7, 11) is 0. The molecule has 3 aliphatic rings. The molecule has 1 aromatic carbocycles. The Morgan fingerprint density at radius 3 is 2.94 bits per heavy atom. The van der Waals surface area contributed by atoms with E-state index in [0.717, 1.165) is 59.5 Å². The van der Waals surface area contributed by atoms with Crippen molar-refractivity contribution >= 4 is 52.1 Å². The van der Waals surface area contributed by atoms with Crippen LogP contribution in [-0.2, 0) is 17.6 Å². The minimum Gasteiger partial charge on any atom is -0.340 e. The summed E-state index contributed by atoms with van der Waals surface area (Å²) >= 11 is 0.874. The van der Waals surface area contributed by atoms with E-state index in [2.05, 4.69) is 36.6 Å². The van der Waals surface area contributed by atoms with E-state index in [1.54, 1.807) is 24.7 Å². The number of anilines is 4. The number of carbonyl (C=O) groups excluding carboxylic acids is 2. The first-order valence-corrected chi connectivity index (χ1v) is 11.0. The summed E-state index contributed by atoms with van der Waals surface area (Å²) in [6.07, 6.45) is 7.41. The number of amides is 2. The Morgan fingerprint density at radius 1 is 1.12 bits per heavy atom. The van der Waals surface area contributed by atoms with Crippen molar-refractivity contribution in [3.8, 4) is 0 Å². The number of fused-ring (bicyclic) bond motifs is 3. The molecule has 2 amide bonds. The normalized spacial score (nSPS) is 20.3. The van der Waals surface area contributed by atoms with Crippen LogP contribution in [0.1, 0.15) is 23.4 Å². The lowest BCUT2D eigenvalue weighted by Gasteiger charge is -2.34. The zero-order chi connectivity index (χ0) is 21.7. The van der Waals surface area contributed by atoms with E-state index in [9.17, 15) is 9.59 Å². The van der Waals surface area contributed by atoms with E-state index in [1.807, 2.05) is 18.2 Å². The van der Waals surface area contributed by atoms with Crippen LogP contribution < -0.4 is 15.5 Å². The first-order valence-electron chi connectivity index (χ1n) is 10.2. The fourth-order valence-electron chi connectivity index (χ4n) is 4.32. The zero-order valence-electron chi connectivity index (χ0n) is 16.8. The average molecular weight is 443 g/mol. The molecule has 2 N–H and O–H groups in total. The Hall–Kier alpha value is -3.79. The van der Waals surface area contributed by atoms with E-state index in [0.29, 0.717) is 16.5 Å². The molecule has 1 unspecified atom stereocenters. The van der Waals surface area contributed by atoms with Crippen molar-refractivity contribution in [1.29, 1.82) is 0 Å². The SMILES string of the molecule is O=C1NC(=O)/C(=C/c2ccnc(N3c4cccc(c4)Nc4ncnc5c4CC3CC5)n2)S1. The highest BCUT2D eigenvalue weighted by atomic mass is 32.2. The third kappa shape index (κ3) is 3.28. The summed E-state index contributed by atoms with van der Waals surface area (Å²) in [6, 6.07) is 9.93. The van der Waals surface area contributed by atoms with Crippen LogP contribution in [0, 0.1) is 0 Å². The van der Waals surface area contributed by atoms with E-state index in [4.69, 9.17) is 4.98 Å². The standard InChI is InChI=1S/C22H17N7O2S/c30-20-18(32-22(31)28-20)9-13-6-7-23-21(27-13)29-14-3-1-2-12(8-14)26-19-16-10-15(29)4-5-17(16)24-11-25-19/h1-3,6-9,11,15H,4-5,10H2,(H,24,25,26)(H,28,30,31)/b18-9-. The van der Waals surface area contributed by atoms with Crippen molar-refractivity contribution in [2.75, 3.05) is 10.2 Å². The van der Waals surface area contributed by atoms with Crippen LogP contribution in [0.3, 0.4) is 0 Å². The van der Waals surface area contributed by atoms with Gasteiger partial charge in [-0.05, 0) is 61.4 Å². The molecule has 1 fully saturated rings. The fraction of sp³-hybridized carbons (Fsp3) is 0.182. The van der Waals surface area contributed by atoms with Crippen LogP contribution in [0.4, 0.5) is 27.9 Å². The minimum atomic E-state index is -0.405. The first-order chi connectivity index (χ1) is 15.6. The van der Waals surface area contributed by atoms with Gasteiger partial charge in [0.05, 0.1) is 10.6 Å². The molecule has 0 spiro atoms. The summed E-state index contributed by atoms with van der Waals surface area (Å²) in [4.78, 5) is 44.2. The number of benzene rings is 1. The average Bonchev–Trinajstić information content (AvgIpc) is 3.12. The lowest BCUT2D eigenvalue weighted by Crippen LogP contribution is -2.37. The summed E-state index contributed by atoms with van der Waals surface area (Å²) in [5.74, 6) is 0.977. The summed E-state index contributed by atoms with van der Waals surface area (Å²) in [6.45, 7) is 0. The molecular formula is C22H17N7O2S. The smallest absolute Gasteiger partial charge is 0.290 e. The third-order valence-corrected chi connectivity index (χ3v) is 6.55. The van der Waals surface area contributed by atoms with Gasteiger partial charge in [0.2, 0.25) is 5.95 Å². The lowest BCUT2D eigenvalue weighted by molar-refractivity contribution is -0.115. The van der Waals surface area contributed by atoms with Crippen molar-refractivity contribution in [3.63, 3.8) is 0 Å². The van der Waals surface area contributed by atoms with Gasteiger partial charge in [0, 0.05) is 34.9 Å². The van der Waals surface area contributed by atoms with E-state index in [-0.39, 0.29) is 11.3 Å². The van der Waals surface area contributed by atoms with Crippen molar-refractivity contribution in [2.24, 2.45) is 0 Å². The topological polar surface area (TPSA) is 113 Å². The second-order valence-electron chi connectivity index (χ2n) is 7.72. The molecular weight excluding hydrogens is 426 g/mol. The molecule has 9 nitrogen and oxygen atoms in total. The van der Waals surface area contributed by atoms with Gasteiger partial charge in [0.15, 0.2) is 0 Å². The molecule has 10 heteroatoms. The van der Waals surface area contributed by atoms with Gasteiger partial charge in [0.1, 0.15) is 12.1 Å². The number of nitrogens with one attached hydrogen (secondary N) is 2. The van der Waals surface area contributed by atoms with Gasteiger partial charge in [-0.25, -0.2) is 19.9 Å². The molecule has 0 saturated carbocycles. The van der Waals surface area contributed by atoms with Crippen molar-refractivity contribution in [3.05, 3.63) is 64.7 Å². The highest BCUT2D eigenvalue weighted by Crippen LogP contribution is 2.37. The summed E-state index contributed by atoms with van der Waals surface area (Å²) in [5, 5.41) is 5.32. The lowest BCUT2D eigenvalue weighted by atomic mass is 9.91. The van der Waals surface area contributed by atoms with Gasteiger partial charge in [-0.1, -0.05) is 6.07 Å². The molecule has 4 heterocycles. The van der Waals surface area contributed by atoms with E-state index < -0.39 is 5.91 Å².